The Morgan fingerprint density at radius 2 is 1.88 bits per heavy atom. The molecule has 0 saturated heterocycles. The molecule has 1 aromatic heterocycles. The van der Waals surface area contributed by atoms with Crippen molar-refractivity contribution in [2.24, 2.45) is 15.2 Å². The summed E-state index contributed by atoms with van der Waals surface area (Å²) in [6, 6.07) is 14.3. The summed E-state index contributed by atoms with van der Waals surface area (Å²) in [5.41, 5.74) is 2.94. The molecule has 26 heavy (non-hydrogen) atoms. The Balaban J connectivity index is 1.78. The molecule has 0 spiro atoms. The maximum Gasteiger partial charge on any atom is 0.261 e. The minimum Gasteiger partial charge on any atom is -0.265 e. The van der Waals surface area contributed by atoms with Crippen LogP contribution in [0.4, 0.5) is 16.5 Å². The molecule has 0 saturated carbocycles. The second-order valence-electron chi connectivity index (χ2n) is 5.43. The zero-order valence-electron chi connectivity index (χ0n) is 13.9. The van der Waals surface area contributed by atoms with Gasteiger partial charge < -0.3 is 0 Å². The molecule has 7 nitrogen and oxygen atoms in total. The molecule has 0 fully saturated rings. The second-order valence-corrected chi connectivity index (χ2v) is 8.05. The van der Waals surface area contributed by atoms with E-state index in [0.29, 0.717) is 11.3 Å². The third kappa shape index (κ3) is 4.24. The van der Waals surface area contributed by atoms with Crippen molar-refractivity contribution in [2.45, 2.75) is 17.8 Å². The molecule has 0 radical (unpaired) electrons. The van der Waals surface area contributed by atoms with Crippen LogP contribution in [0, 0.1) is 6.92 Å². The monoisotopic (exact) mass is 385 g/mol. The van der Waals surface area contributed by atoms with Crippen LogP contribution in [-0.4, -0.2) is 24.5 Å². The number of aliphatic imine (C=N–C) groups is 1. The average molecular weight is 385 g/mol. The molecule has 9 heteroatoms. The van der Waals surface area contributed by atoms with Gasteiger partial charge in [0.2, 0.25) is 15.0 Å². The van der Waals surface area contributed by atoms with Crippen molar-refractivity contribution in [1.29, 1.82) is 0 Å². The topological polar surface area (TPSA) is 97.0 Å². The highest BCUT2D eigenvalue weighted by atomic mass is 32.2. The molecule has 1 heterocycles. The molecule has 0 atom stereocenters. The summed E-state index contributed by atoms with van der Waals surface area (Å²) in [5.74, 6) is -0.156. The smallest absolute Gasteiger partial charge is 0.261 e. The first-order chi connectivity index (χ1) is 12.5. The van der Waals surface area contributed by atoms with E-state index in [1.807, 2.05) is 19.1 Å². The molecule has 0 unspecified atom stereocenters. The van der Waals surface area contributed by atoms with Crippen molar-refractivity contribution in [2.75, 3.05) is 0 Å². The lowest BCUT2D eigenvalue weighted by molar-refractivity contribution is 0.588. The van der Waals surface area contributed by atoms with Crippen molar-refractivity contribution in [3.8, 4) is 0 Å². The second kappa shape index (κ2) is 7.63. The van der Waals surface area contributed by atoms with Gasteiger partial charge in [-0.05, 0) is 43.0 Å². The van der Waals surface area contributed by atoms with E-state index >= 15 is 0 Å². The SMILES string of the molecule is C=Nc1ccc(/N=N/c2nc(S(=O)(=O)Cc3ccccc3)ns2)c(C)c1. The molecule has 0 aliphatic rings. The molecule has 0 aliphatic carbocycles. The van der Waals surface area contributed by atoms with Crippen molar-refractivity contribution < 1.29 is 8.42 Å². The van der Waals surface area contributed by atoms with Crippen LogP contribution < -0.4 is 0 Å². The lowest BCUT2D eigenvalue weighted by Gasteiger charge is -2.00. The third-order valence-corrected chi connectivity index (χ3v) is 5.65. The van der Waals surface area contributed by atoms with Gasteiger partial charge in [-0.1, -0.05) is 30.3 Å². The fourth-order valence-electron chi connectivity index (χ4n) is 2.17. The van der Waals surface area contributed by atoms with Gasteiger partial charge in [-0.2, -0.15) is 9.36 Å². The summed E-state index contributed by atoms with van der Waals surface area (Å²) in [6.45, 7) is 5.35. The quantitative estimate of drug-likeness (QED) is 0.458. The summed E-state index contributed by atoms with van der Waals surface area (Å²) in [7, 11) is -3.63. The number of rotatable bonds is 6. The van der Waals surface area contributed by atoms with E-state index in [0.717, 1.165) is 22.8 Å². The van der Waals surface area contributed by atoms with Crippen molar-refractivity contribution in [3.05, 3.63) is 59.7 Å². The average Bonchev–Trinajstić information content (AvgIpc) is 3.11. The summed E-state index contributed by atoms with van der Waals surface area (Å²) >= 11 is 0.891. The molecule has 0 amide bonds. The molecule has 0 aliphatic heterocycles. The Morgan fingerprint density at radius 1 is 1.12 bits per heavy atom. The predicted octanol–water partition coefficient (Wildman–Crippen LogP) is 4.57. The van der Waals surface area contributed by atoms with E-state index < -0.39 is 9.84 Å². The van der Waals surface area contributed by atoms with Crippen LogP contribution in [0.2, 0.25) is 0 Å². The van der Waals surface area contributed by atoms with E-state index in [1.54, 1.807) is 36.4 Å². The number of azo groups is 1. The van der Waals surface area contributed by atoms with E-state index in [2.05, 4.69) is 31.3 Å². The summed E-state index contributed by atoms with van der Waals surface area (Å²) in [5, 5.41) is 8.05. The Hall–Kier alpha value is -2.78. The highest BCUT2D eigenvalue weighted by molar-refractivity contribution is 7.90. The molecular formula is C17H15N5O2S2. The highest BCUT2D eigenvalue weighted by Crippen LogP contribution is 2.27. The normalized spacial score (nSPS) is 11.7. The molecule has 0 bridgehead atoms. The zero-order valence-corrected chi connectivity index (χ0v) is 15.5. The number of benzene rings is 2. The first kappa shape index (κ1) is 18.0. The van der Waals surface area contributed by atoms with Crippen LogP contribution in [0.1, 0.15) is 11.1 Å². The summed E-state index contributed by atoms with van der Waals surface area (Å²) in [4.78, 5) is 7.83. The molecule has 3 aromatic rings. The van der Waals surface area contributed by atoms with Crippen LogP contribution in [0.15, 0.2) is 68.9 Å². The minimum absolute atomic E-state index is 0.156. The van der Waals surface area contributed by atoms with Gasteiger partial charge in [-0.25, -0.2) is 8.42 Å². The van der Waals surface area contributed by atoms with Gasteiger partial charge in [0, 0.05) is 11.5 Å². The molecule has 0 N–H and O–H groups in total. The lowest BCUT2D eigenvalue weighted by atomic mass is 10.2. The number of hydrogen-bond acceptors (Lipinski definition) is 8. The maximum absolute atomic E-state index is 12.4. The predicted molar refractivity (Wildman–Crippen MR) is 102 cm³/mol. The van der Waals surface area contributed by atoms with Crippen molar-refractivity contribution in [1.82, 2.24) is 9.36 Å². The number of sulfone groups is 1. The molecule has 3 rings (SSSR count). The van der Waals surface area contributed by atoms with Gasteiger partial charge in [0.1, 0.15) is 0 Å². The van der Waals surface area contributed by atoms with Gasteiger partial charge in [0.05, 0.1) is 17.1 Å². The van der Waals surface area contributed by atoms with Crippen LogP contribution in [0.3, 0.4) is 0 Å². The van der Waals surface area contributed by atoms with Crippen LogP contribution >= 0.6 is 11.5 Å². The van der Waals surface area contributed by atoms with Gasteiger partial charge >= 0.3 is 0 Å². The van der Waals surface area contributed by atoms with Crippen LogP contribution in [0.5, 0.6) is 0 Å². The van der Waals surface area contributed by atoms with E-state index in [9.17, 15) is 8.42 Å². The number of aryl methyl sites for hydroxylation is 1. The third-order valence-electron chi connectivity index (χ3n) is 3.48. The van der Waals surface area contributed by atoms with Gasteiger partial charge in [0.15, 0.2) is 0 Å². The molecular weight excluding hydrogens is 370 g/mol. The van der Waals surface area contributed by atoms with Crippen molar-refractivity contribution in [3.63, 3.8) is 0 Å². The first-order valence-electron chi connectivity index (χ1n) is 7.57. The molecule has 2 aromatic carbocycles. The van der Waals surface area contributed by atoms with Gasteiger partial charge in [-0.15, -0.1) is 10.2 Å². The van der Waals surface area contributed by atoms with E-state index in [-0.39, 0.29) is 16.0 Å². The fraction of sp³-hybridized carbons (Fsp3) is 0.118. The minimum atomic E-state index is -3.63. The van der Waals surface area contributed by atoms with Crippen LogP contribution in [-0.2, 0) is 15.6 Å². The van der Waals surface area contributed by atoms with E-state index in [1.165, 1.54) is 0 Å². The summed E-state index contributed by atoms with van der Waals surface area (Å²) in [6.07, 6.45) is 0. The first-order valence-corrected chi connectivity index (χ1v) is 10.00. The number of nitrogens with zero attached hydrogens (tertiary/aromatic N) is 5. The fourth-order valence-corrected chi connectivity index (χ4v) is 4.19. The largest absolute Gasteiger partial charge is 0.265 e. The Bertz CT molecular complexity index is 1060. The van der Waals surface area contributed by atoms with Crippen molar-refractivity contribution >= 4 is 44.6 Å². The van der Waals surface area contributed by atoms with E-state index in [4.69, 9.17) is 0 Å². The van der Waals surface area contributed by atoms with Crippen LogP contribution in [0.25, 0.3) is 0 Å². The maximum atomic E-state index is 12.4. The van der Waals surface area contributed by atoms with Gasteiger partial charge in [0.25, 0.3) is 5.16 Å². The standard InChI is InChI=1S/C17H15N5O2S2/c1-12-10-14(18-2)8-9-15(12)20-21-16-19-17(22-25-16)26(23,24)11-13-6-4-3-5-7-13/h3-10H,2,11H2,1H3/b21-20+. The zero-order chi connectivity index (χ0) is 18.6. The number of hydrogen-bond donors (Lipinski definition) is 0. The van der Waals surface area contributed by atoms with Gasteiger partial charge in [-0.3, -0.25) is 4.99 Å². The summed E-state index contributed by atoms with van der Waals surface area (Å²) < 4.78 is 28.7. The highest BCUT2D eigenvalue weighted by Gasteiger charge is 2.21. The Kier molecular flexibility index (Phi) is 5.29. The molecule has 132 valence electrons. The Morgan fingerprint density at radius 3 is 2.58 bits per heavy atom. The number of aromatic nitrogens is 2. The lowest BCUT2D eigenvalue weighted by Crippen LogP contribution is -2.06. The Labute approximate surface area is 155 Å².